The van der Waals surface area contributed by atoms with Gasteiger partial charge in [-0.2, -0.15) is 4.98 Å². The normalized spacial score (nSPS) is 10.9. The summed E-state index contributed by atoms with van der Waals surface area (Å²) in [5.41, 5.74) is 2.06. The molecule has 3 rings (SSSR count). The third-order valence-corrected chi connectivity index (χ3v) is 6.14. The molecule has 2 aromatic carbocycles. The van der Waals surface area contributed by atoms with E-state index in [1.807, 2.05) is 24.3 Å². The molecule has 0 aliphatic rings. The number of carbonyl (C=O) groups is 2. The third-order valence-electron chi connectivity index (χ3n) is 6.14. The maximum absolute atomic E-state index is 14.1. The summed E-state index contributed by atoms with van der Waals surface area (Å²) in [6, 6.07) is 13.8. The summed E-state index contributed by atoms with van der Waals surface area (Å²) in [7, 11) is 0. The minimum atomic E-state index is -0.920. The van der Waals surface area contributed by atoms with E-state index in [2.05, 4.69) is 17.1 Å². The van der Waals surface area contributed by atoms with Crippen LogP contribution < -0.4 is 0 Å². The van der Waals surface area contributed by atoms with E-state index in [4.69, 9.17) is 9.26 Å². The molecule has 198 valence electrons. The number of esters is 1. The first-order valence-corrected chi connectivity index (χ1v) is 13.1. The van der Waals surface area contributed by atoms with Crippen LogP contribution in [-0.2, 0) is 33.7 Å². The Morgan fingerprint density at radius 3 is 2.41 bits per heavy atom. The van der Waals surface area contributed by atoms with Crippen molar-refractivity contribution in [2.45, 2.75) is 71.8 Å². The highest BCUT2D eigenvalue weighted by Gasteiger charge is 2.23. The molecule has 0 spiro atoms. The monoisotopic (exact) mass is 509 g/mol. The zero-order chi connectivity index (χ0) is 26.5. The molecule has 1 aromatic heterocycles. The number of nitrogens with zero attached hydrogens (tertiary/aromatic N) is 3. The number of carbonyl (C=O) groups excluding carboxylic acids is 2. The van der Waals surface area contributed by atoms with Gasteiger partial charge in [0, 0.05) is 25.1 Å². The van der Waals surface area contributed by atoms with E-state index >= 15 is 0 Å². The Kier molecular flexibility index (Phi) is 11.3. The van der Waals surface area contributed by atoms with Gasteiger partial charge in [-0.05, 0) is 49.1 Å². The van der Waals surface area contributed by atoms with Crippen LogP contribution in [0.3, 0.4) is 0 Å². The first-order valence-electron chi connectivity index (χ1n) is 13.1. The molecule has 37 heavy (non-hydrogen) atoms. The molecule has 8 heteroatoms. The number of aromatic nitrogens is 2. The van der Waals surface area contributed by atoms with Crippen LogP contribution in [0.2, 0.25) is 0 Å². The average molecular weight is 510 g/mol. The number of aryl methyl sites for hydroxylation is 1. The second-order valence-corrected chi connectivity index (χ2v) is 9.02. The lowest BCUT2D eigenvalue weighted by Crippen LogP contribution is -2.38. The molecule has 0 unspecified atom stereocenters. The number of benzene rings is 2. The summed E-state index contributed by atoms with van der Waals surface area (Å²) in [6.45, 7) is 4.31. The van der Waals surface area contributed by atoms with Gasteiger partial charge >= 0.3 is 11.9 Å². The minimum absolute atomic E-state index is 0.103. The van der Waals surface area contributed by atoms with Gasteiger partial charge in [0.1, 0.15) is 5.82 Å². The first-order chi connectivity index (χ1) is 18.0. The number of ether oxygens (including phenoxy) is 1. The van der Waals surface area contributed by atoms with E-state index in [1.165, 1.54) is 36.6 Å². The SMILES string of the molecule is CCCCCCCCc1noc(-c2ccc(CN(CCc3ccccc3F)C(=O)C(=O)OCC)cc2)n1. The van der Waals surface area contributed by atoms with Gasteiger partial charge in [0.05, 0.1) is 6.61 Å². The molecule has 0 bridgehead atoms. The Bertz CT molecular complexity index is 1130. The molecule has 0 saturated carbocycles. The number of unbranched alkanes of at least 4 members (excludes halogenated alkanes) is 5. The molecule has 1 amide bonds. The van der Waals surface area contributed by atoms with Crippen molar-refractivity contribution in [1.82, 2.24) is 15.0 Å². The standard InChI is InChI=1S/C29H36FN3O4/c1-3-5-6-7-8-9-14-26-31-27(37-32-26)24-17-15-22(16-18-24)21-33(28(34)29(35)36-4-2)20-19-23-12-10-11-13-25(23)30/h10-13,15-18H,3-9,14,19-21H2,1-2H3. The van der Waals surface area contributed by atoms with Crippen molar-refractivity contribution in [3.05, 3.63) is 71.3 Å². The fourth-order valence-electron chi connectivity index (χ4n) is 4.04. The van der Waals surface area contributed by atoms with E-state index in [0.717, 1.165) is 30.4 Å². The van der Waals surface area contributed by atoms with Gasteiger partial charge in [0.25, 0.3) is 5.89 Å². The topological polar surface area (TPSA) is 85.5 Å². The summed E-state index contributed by atoms with van der Waals surface area (Å²) in [6.07, 6.45) is 8.29. The molecular weight excluding hydrogens is 473 g/mol. The molecule has 3 aromatic rings. The predicted molar refractivity (Wildman–Crippen MR) is 139 cm³/mol. The van der Waals surface area contributed by atoms with Gasteiger partial charge in [-0.25, -0.2) is 9.18 Å². The van der Waals surface area contributed by atoms with Crippen molar-refractivity contribution in [3.63, 3.8) is 0 Å². The summed E-state index contributed by atoms with van der Waals surface area (Å²) in [5.74, 6) is -0.860. The molecule has 0 N–H and O–H groups in total. The van der Waals surface area contributed by atoms with Crippen LogP contribution in [0.25, 0.3) is 11.5 Å². The largest absolute Gasteiger partial charge is 0.459 e. The number of amides is 1. The fraction of sp³-hybridized carbons (Fsp3) is 0.448. The van der Waals surface area contributed by atoms with Gasteiger partial charge < -0.3 is 14.2 Å². The molecule has 0 aliphatic heterocycles. The van der Waals surface area contributed by atoms with Crippen LogP contribution in [0.1, 0.15) is 69.3 Å². The van der Waals surface area contributed by atoms with Crippen LogP contribution in [0, 0.1) is 5.82 Å². The molecule has 0 saturated heterocycles. The molecular formula is C29H36FN3O4. The van der Waals surface area contributed by atoms with Crippen molar-refractivity contribution < 1.29 is 23.2 Å². The molecule has 1 heterocycles. The lowest BCUT2D eigenvalue weighted by atomic mass is 10.1. The van der Waals surface area contributed by atoms with Gasteiger partial charge in [-0.3, -0.25) is 4.79 Å². The number of hydrogen-bond acceptors (Lipinski definition) is 6. The zero-order valence-corrected chi connectivity index (χ0v) is 21.7. The smallest absolute Gasteiger partial charge is 0.397 e. The van der Waals surface area contributed by atoms with Gasteiger partial charge in [-0.1, -0.05) is 74.5 Å². The highest BCUT2D eigenvalue weighted by atomic mass is 19.1. The maximum atomic E-state index is 14.1. The summed E-state index contributed by atoms with van der Waals surface area (Å²) < 4.78 is 24.4. The van der Waals surface area contributed by atoms with Gasteiger partial charge in [0.2, 0.25) is 0 Å². The van der Waals surface area contributed by atoms with Gasteiger partial charge in [-0.15, -0.1) is 0 Å². The van der Waals surface area contributed by atoms with E-state index < -0.39 is 11.9 Å². The lowest BCUT2D eigenvalue weighted by Gasteiger charge is -2.22. The third kappa shape index (κ3) is 8.81. The fourth-order valence-corrected chi connectivity index (χ4v) is 4.04. The van der Waals surface area contributed by atoms with Crippen molar-refractivity contribution in [2.75, 3.05) is 13.2 Å². The molecule has 7 nitrogen and oxygen atoms in total. The number of hydrogen-bond donors (Lipinski definition) is 0. The Morgan fingerprint density at radius 1 is 0.946 bits per heavy atom. The Balaban J connectivity index is 1.61. The second-order valence-electron chi connectivity index (χ2n) is 9.02. The van der Waals surface area contributed by atoms with Crippen LogP contribution >= 0.6 is 0 Å². The van der Waals surface area contributed by atoms with Crippen molar-refractivity contribution in [2.24, 2.45) is 0 Å². The van der Waals surface area contributed by atoms with Crippen LogP contribution in [0.5, 0.6) is 0 Å². The highest BCUT2D eigenvalue weighted by molar-refractivity contribution is 6.32. The number of halogens is 1. The predicted octanol–water partition coefficient (Wildman–Crippen LogP) is 5.91. The van der Waals surface area contributed by atoms with E-state index in [-0.39, 0.29) is 31.9 Å². The Morgan fingerprint density at radius 2 is 1.68 bits per heavy atom. The molecule has 0 aliphatic carbocycles. The summed E-state index contributed by atoms with van der Waals surface area (Å²) in [4.78, 5) is 30.7. The Labute approximate surface area is 218 Å². The van der Waals surface area contributed by atoms with E-state index in [9.17, 15) is 14.0 Å². The average Bonchev–Trinajstić information content (AvgIpc) is 3.38. The second kappa shape index (κ2) is 14.9. The summed E-state index contributed by atoms with van der Waals surface area (Å²) in [5, 5.41) is 4.10. The van der Waals surface area contributed by atoms with E-state index in [0.29, 0.717) is 17.3 Å². The highest BCUT2D eigenvalue weighted by Crippen LogP contribution is 2.20. The lowest BCUT2D eigenvalue weighted by molar-refractivity contribution is -0.160. The first kappa shape index (κ1) is 28.0. The van der Waals surface area contributed by atoms with Crippen molar-refractivity contribution in [1.29, 1.82) is 0 Å². The van der Waals surface area contributed by atoms with E-state index in [1.54, 1.807) is 25.1 Å². The summed E-state index contributed by atoms with van der Waals surface area (Å²) >= 11 is 0. The van der Waals surface area contributed by atoms with Crippen LogP contribution in [0.15, 0.2) is 53.1 Å². The van der Waals surface area contributed by atoms with Crippen LogP contribution in [0.4, 0.5) is 4.39 Å². The van der Waals surface area contributed by atoms with Gasteiger partial charge in [0.15, 0.2) is 5.82 Å². The quantitative estimate of drug-likeness (QED) is 0.152. The van der Waals surface area contributed by atoms with Crippen LogP contribution in [-0.4, -0.2) is 40.1 Å². The Hall–Kier alpha value is -3.55. The zero-order valence-electron chi connectivity index (χ0n) is 21.7. The minimum Gasteiger partial charge on any atom is -0.459 e. The molecule has 0 atom stereocenters. The van der Waals surface area contributed by atoms with Crippen molar-refractivity contribution in [3.8, 4) is 11.5 Å². The van der Waals surface area contributed by atoms with Crippen molar-refractivity contribution >= 4 is 11.9 Å². The molecule has 0 radical (unpaired) electrons. The molecule has 0 fully saturated rings. The number of rotatable bonds is 14. The maximum Gasteiger partial charge on any atom is 0.397 e.